The molecule has 124 valence electrons. The van der Waals surface area contributed by atoms with Gasteiger partial charge in [-0.1, -0.05) is 58.5 Å². The summed E-state index contributed by atoms with van der Waals surface area (Å²) in [6, 6.07) is 9.45. The van der Waals surface area contributed by atoms with Gasteiger partial charge >= 0.3 is 11.8 Å². The lowest BCUT2D eigenvalue weighted by Crippen LogP contribution is -2.32. The van der Waals surface area contributed by atoms with Crippen LogP contribution in [0.1, 0.15) is 5.56 Å². The van der Waals surface area contributed by atoms with Gasteiger partial charge < -0.3 is 5.32 Å². The number of hydrogen-bond acceptors (Lipinski definition) is 3. The van der Waals surface area contributed by atoms with Gasteiger partial charge in [0.2, 0.25) is 0 Å². The van der Waals surface area contributed by atoms with Crippen LogP contribution in [0.15, 0.2) is 41.5 Å². The summed E-state index contributed by atoms with van der Waals surface area (Å²) < 4.78 is 0. The Morgan fingerprint density at radius 3 is 2.38 bits per heavy atom. The molecule has 0 fully saturated rings. The zero-order valence-corrected chi connectivity index (χ0v) is 14.8. The van der Waals surface area contributed by atoms with Gasteiger partial charge in [0, 0.05) is 0 Å². The van der Waals surface area contributed by atoms with E-state index in [2.05, 4.69) is 15.8 Å². The Kier molecular flexibility index (Phi) is 6.45. The third-order valence-electron chi connectivity index (χ3n) is 2.73. The molecule has 0 aliphatic heterocycles. The summed E-state index contributed by atoms with van der Waals surface area (Å²) in [7, 11) is 0. The fourth-order valence-electron chi connectivity index (χ4n) is 1.59. The summed E-state index contributed by atoms with van der Waals surface area (Å²) in [6.45, 7) is 0. The molecule has 9 heteroatoms. The summed E-state index contributed by atoms with van der Waals surface area (Å²) in [5, 5.41) is 7.15. The lowest BCUT2D eigenvalue weighted by Gasteiger charge is -2.06. The third kappa shape index (κ3) is 4.85. The standard InChI is InChI=1S/C15H9Cl4N3O2/c16-9-5-4-8(6-11(9)18)7-20-22-15(24)14(23)21-12-3-1-2-10(17)13(12)19/h1-7H,(H,21,23)(H,22,24). The van der Waals surface area contributed by atoms with Gasteiger partial charge in [0.05, 0.1) is 32.0 Å². The number of halogens is 4. The maximum atomic E-state index is 11.8. The van der Waals surface area contributed by atoms with Crippen molar-refractivity contribution in [1.82, 2.24) is 5.43 Å². The Labute approximate surface area is 157 Å². The van der Waals surface area contributed by atoms with Gasteiger partial charge in [-0.05, 0) is 29.8 Å². The average Bonchev–Trinajstić information content (AvgIpc) is 2.55. The zero-order valence-electron chi connectivity index (χ0n) is 11.8. The van der Waals surface area contributed by atoms with Crippen LogP contribution >= 0.6 is 46.4 Å². The van der Waals surface area contributed by atoms with Crippen molar-refractivity contribution in [3.8, 4) is 0 Å². The van der Waals surface area contributed by atoms with Crippen LogP contribution in [-0.4, -0.2) is 18.0 Å². The first-order valence-electron chi connectivity index (χ1n) is 6.42. The van der Waals surface area contributed by atoms with Crippen LogP contribution in [0.2, 0.25) is 20.1 Å². The molecule has 0 aliphatic carbocycles. The number of nitrogens with zero attached hydrogens (tertiary/aromatic N) is 1. The first kappa shape index (κ1) is 18.5. The number of hydrazone groups is 1. The minimum atomic E-state index is -0.970. The average molecular weight is 405 g/mol. The largest absolute Gasteiger partial charge is 0.329 e. The van der Waals surface area contributed by atoms with Crippen LogP contribution in [0.25, 0.3) is 0 Å². The summed E-state index contributed by atoms with van der Waals surface area (Å²) in [4.78, 5) is 23.5. The van der Waals surface area contributed by atoms with Crippen molar-refractivity contribution < 1.29 is 9.59 Å². The van der Waals surface area contributed by atoms with Crippen molar-refractivity contribution in [1.29, 1.82) is 0 Å². The lowest BCUT2D eigenvalue weighted by molar-refractivity contribution is -0.136. The van der Waals surface area contributed by atoms with Crippen LogP contribution in [0.5, 0.6) is 0 Å². The van der Waals surface area contributed by atoms with Crippen molar-refractivity contribution in [3.05, 3.63) is 62.1 Å². The van der Waals surface area contributed by atoms with Gasteiger partial charge in [0.25, 0.3) is 0 Å². The highest BCUT2D eigenvalue weighted by Crippen LogP contribution is 2.29. The molecular formula is C15H9Cl4N3O2. The third-order valence-corrected chi connectivity index (χ3v) is 4.29. The molecule has 0 atom stereocenters. The van der Waals surface area contributed by atoms with Gasteiger partial charge in [0.15, 0.2) is 0 Å². The summed E-state index contributed by atoms with van der Waals surface area (Å²) in [5.74, 6) is -1.91. The van der Waals surface area contributed by atoms with Gasteiger partial charge in [-0.25, -0.2) is 5.43 Å². The molecule has 2 aromatic rings. The Hall–Kier alpha value is -1.79. The van der Waals surface area contributed by atoms with Crippen molar-refractivity contribution in [2.24, 2.45) is 5.10 Å². The molecule has 0 saturated heterocycles. The van der Waals surface area contributed by atoms with Gasteiger partial charge in [-0.3, -0.25) is 9.59 Å². The summed E-state index contributed by atoms with van der Waals surface area (Å²) >= 11 is 23.4. The van der Waals surface area contributed by atoms with Crippen molar-refractivity contribution in [2.45, 2.75) is 0 Å². The van der Waals surface area contributed by atoms with Crippen molar-refractivity contribution >= 4 is 70.1 Å². The molecule has 2 aromatic carbocycles. The van der Waals surface area contributed by atoms with E-state index < -0.39 is 11.8 Å². The molecular weight excluding hydrogens is 396 g/mol. The molecule has 5 nitrogen and oxygen atoms in total. The molecule has 0 heterocycles. The molecule has 24 heavy (non-hydrogen) atoms. The number of amides is 2. The van der Waals surface area contributed by atoms with Crippen LogP contribution in [0.4, 0.5) is 5.69 Å². The van der Waals surface area contributed by atoms with Gasteiger partial charge in [0.1, 0.15) is 0 Å². The zero-order chi connectivity index (χ0) is 17.7. The number of hydrogen-bond donors (Lipinski definition) is 2. The Bertz CT molecular complexity index is 824. The number of benzene rings is 2. The minimum absolute atomic E-state index is 0.139. The molecule has 0 saturated carbocycles. The molecule has 0 unspecified atom stereocenters. The smallest absolute Gasteiger partial charge is 0.316 e. The maximum absolute atomic E-state index is 11.8. The molecule has 0 spiro atoms. The predicted octanol–water partition coefficient (Wildman–Crippen LogP) is 4.39. The SMILES string of the molecule is O=C(NN=Cc1ccc(Cl)c(Cl)c1)C(=O)Nc1cccc(Cl)c1Cl. The first-order chi connectivity index (χ1) is 11.4. The fraction of sp³-hybridized carbons (Fsp3) is 0. The van der Waals surface area contributed by atoms with E-state index in [-0.39, 0.29) is 15.7 Å². The second-order valence-corrected chi connectivity index (χ2v) is 6.03. The van der Waals surface area contributed by atoms with Gasteiger partial charge in [-0.2, -0.15) is 5.10 Å². The van der Waals surface area contributed by atoms with E-state index in [1.165, 1.54) is 12.3 Å². The molecule has 2 N–H and O–H groups in total. The van der Waals surface area contributed by atoms with E-state index in [1.54, 1.807) is 30.3 Å². The van der Waals surface area contributed by atoms with Gasteiger partial charge in [-0.15, -0.1) is 0 Å². The number of nitrogens with one attached hydrogen (secondary N) is 2. The first-order valence-corrected chi connectivity index (χ1v) is 7.93. The highest BCUT2D eigenvalue weighted by molar-refractivity contribution is 6.45. The van der Waals surface area contributed by atoms with Crippen LogP contribution < -0.4 is 10.7 Å². The molecule has 2 amide bonds. The Morgan fingerprint density at radius 1 is 0.917 bits per heavy atom. The molecule has 0 radical (unpaired) electrons. The summed E-state index contributed by atoms with van der Waals surface area (Å²) in [5.41, 5.74) is 2.91. The van der Waals surface area contributed by atoms with E-state index >= 15 is 0 Å². The normalized spacial score (nSPS) is 10.7. The second kappa shape index (κ2) is 8.35. The van der Waals surface area contributed by atoms with E-state index in [0.717, 1.165) is 0 Å². The minimum Gasteiger partial charge on any atom is -0.316 e. The summed E-state index contributed by atoms with van der Waals surface area (Å²) in [6.07, 6.45) is 1.32. The molecule has 2 rings (SSSR count). The van der Waals surface area contributed by atoms with E-state index in [1.807, 2.05) is 0 Å². The van der Waals surface area contributed by atoms with Crippen molar-refractivity contribution in [3.63, 3.8) is 0 Å². The molecule has 0 aromatic heterocycles. The Morgan fingerprint density at radius 2 is 1.67 bits per heavy atom. The topological polar surface area (TPSA) is 70.6 Å². The number of rotatable bonds is 3. The molecule has 0 bridgehead atoms. The second-order valence-electron chi connectivity index (χ2n) is 4.43. The number of carbonyl (C=O) groups is 2. The number of anilines is 1. The van der Waals surface area contributed by atoms with Crippen LogP contribution in [-0.2, 0) is 9.59 Å². The monoisotopic (exact) mass is 403 g/mol. The van der Waals surface area contributed by atoms with E-state index in [0.29, 0.717) is 15.6 Å². The van der Waals surface area contributed by atoms with Crippen molar-refractivity contribution in [2.75, 3.05) is 5.32 Å². The quantitative estimate of drug-likeness (QED) is 0.452. The van der Waals surface area contributed by atoms with E-state index in [9.17, 15) is 9.59 Å². The molecule has 0 aliphatic rings. The van der Waals surface area contributed by atoms with Crippen LogP contribution in [0, 0.1) is 0 Å². The lowest BCUT2D eigenvalue weighted by atomic mass is 10.2. The maximum Gasteiger partial charge on any atom is 0.329 e. The fourth-order valence-corrected chi connectivity index (χ4v) is 2.24. The highest BCUT2D eigenvalue weighted by Gasteiger charge is 2.15. The number of carbonyl (C=O) groups excluding carboxylic acids is 2. The predicted molar refractivity (Wildman–Crippen MR) is 97.3 cm³/mol. The highest BCUT2D eigenvalue weighted by atomic mass is 35.5. The van der Waals surface area contributed by atoms with Crippen LogP contribution in [0.3, 0.4) is 0 Å². The van der Waals surface area contributed by atoms with E-state index in [4.69, 9.17) is 46.4 Å². The Balaban J connectivity index is 1.96.